The third-order valence-corrected chi connectivity index (χ3v) is 2.05. The molecule has 0 bridgehead atoms. The first-order chi connectivity index (χ1) is 6.83. The second kappa shape index (κ2) is 6.44. The topological polar surface area (TPSA) is 21.3 Å². The van der Waals surface area contributed by atoms with E-state index < -0.39 is 0 Å². The molecule has 14 heavy (non-hydrogen) atoms. The molecule has 2 heteroatoms. The maximum Gasteiger partial charge on any atom is 0.0482 e. The Labute approximate surface area is 86.3 Å². The van der Waals surface area contributed by atoms with Crippen molar-refractivity contribution in [1.29, 1.82) is 0 Å². The number of benzene rings is 1. The lowest BCUT2D eigenvalue weighted by Gasteiger charge is -2.06. The van der Waals surface area contributed by atoms with Crippen molar-refractivity contribution in [3.8, 4) is 0 Å². The molecule has 1 N–H and O–H groups in total. The van der Waals surface area contributed by atoms with Gasteiger partial charge in [0.1, 0.15) is 0 Å². The summed E-state index contributed by atoms with van der Waals surface area (Å²) >= 11 is 0. The monoisotopic (exact) mass is 193 g/mol. The van der Waals surface area contributed by atoms with Gasteiger partial charge >= 0.3 is 0 Å². The van der Waals surface area contributed by atoms with E-state index in [2.05, 4.69) is 36.5 Å². The van der Waals surface area contributed by atoms with E-state index in [0.717, 1.165) is 26.2 Å². The Hall–Kier alpha value is -1.02. The number of hydrogen-bond acceptors (Lipinski definition) is 2. The standard InChI is InChI=1S/C12H19NO/c1-3-14-10-4-9-13-12-7-5-11(2)6-8-12/h5-8,13H,3-4,9-10H2,1-2H3. The lowest BCUT2D eigenvalue weighted by atomic mass is 10.2. The molecule has 0 amide bonds. The molecular weight excluding hydrogens is 174 g/mol. The Balaban J connectivity index is 2.15. The van der Waals surface area contributed by atoms with Crippen LogP contribution >= 0.6 is 0 Å². The average molecular weight is 193 g/mol. The maximum atomic E-state index is 5.25. The van der Waals surface area contributed by atoms with Gasteiger partial charge in [-0.2, -0.15) is 0 Å². The van der Waals surface area contributed by atoms with E-state index >= 15 is 0 Å². The van der Waals surface area contributed by atoms with Gasteiger partial charge in [-0.15, -0.1) is 0 Å². The minimum atomic E-state index is 0.810. The van der Waals surface area contributed by atoms with Crippen molar-refractivity contribution in [2.24, 2.45) is 0 Å². The molecule has 78 valence electrons. The molecule has 0 spiro atoms. The fourth-order valence-electron chi connectivity index (χ4n) is 1.22. The zero-order valence-corrected chi connectivity index (χ0v) is 9.05. The molecule has 2 nitrogen and oxygen atoms in total. The smallest absolute Gasteiger partial charge is 0.0482 e. The van der Waals surface area contributed by atoms with E-state index in [1.165, 1.54) is 11.3 Å². The molecule has 0 heterocycles. The van der Waals surface area contributed by atoms with Crippen molar-refractivity contribution in [1.82, 2.24) is 0 Å². The SMILES string of the molecule is CCOCCCNc1ccc(C)cc1. The summed E-state index contributed by atoms with van der Waals surface area (Å²) < 4.78 is 5.25. The van der Waals surface area contributed by atoms with Crippen LogP contribution < -0.4 is 5.32 Å². The molecule has 0 saturated carbocycles. The van der Waals surface area contributed by atoms with Gasteiger partial charge in [-0.05, 0) is 32.4 Å². The lowest BCUT2D eigenvalue weighted by molar-refractivity contribution is 0.147. The van der Waals surface area contributed by atoms with Crippen molar-refractivity contribution >= 4 is 5.69 Å². The quantitative estimate of drug-likeness (QED) is 0.701. The highest BCUT2D eigenvalue weighted by atomic mass is 16.5. The molecule has 0 fully saturated rings. The first-order valence-electron chi connectivity index (χ1n) is 5.21. The van der Waals surface area contributed by atoms with Gasteiger partial charge in [0.15, 0.2) is 0 Å². The molecule has 0 unspecified atom stereocenters. The zero-order chi connectivity index (χ0) is 10.2. The number of anilines is 1. The van der Waals surface area contributed by atoms with Crippen LogP contribution in [0.25, 0.3) is 0 Å². The highest BCUT2D eigenvalue weighted by molar-refractivity contribution is 5.44. The van der Waals surface area contributed by atoms with Gasteiger partial charge in [0.25, 0.3) is 0 Å². The maximum absolute atomic E-state index is 5.25. The second-order valence-corrected chi connectivity index (χ2v) is 3.34. The number of aryl methyl sites for hydroxylation is 1. The first kappa shape index (κ1) is 11.1. The normalized spacial score (nSPS) is 10.1. The van der Waals surface area contributed by atoms with E-state index in [4.69, 9.17) is 4.74 Å². The summed E-state index contributed by atoms with van der Waals surface area (Å²) in [5.41, 5.74) is 2.48. The van der Waals surface area contributed by atoms with Crippen LogP contribution in [-0.4, -0.2) is 19.8 Å². The molecule has 0 aliphatic rings. The molecule has 1 aromatic rings. The fourth-order valence-corrected chi connectivity index (χ4v) is 1.22. The molecule has 0 atom stereocenters. The third kappa shape index (κ3) is 4.28. The third-order valence-electron chi connectivity index (χ3n) is 2.05. The molecule has 0 saturated heterocycles. The minimum absolute atomic E-state index is 0.810. The highest BCUT2D eigenvalue weighted by Gasteiger charge is 1.90. The van der Waals surface area contributed by atoms with Crippen LogP contribution in [0.1, 0.15) is 18.9 Å². The van der Waals surface area contributed by atoms with Crippen molar-refractivity contribution in [3.05, 3.63) is 29.8 Å². The Morgan fingerprint density at radius 3 is 2.57 bits per heavy atom. The van der Waals surface area contributed by atoms with Crippen molar-refractivity contribution < 1.29 is 4.74 Å². The number of rotatable bonds is 6. The van der Waals surface area contributed by atoms with E-state index in [1.807, 2.05) is 6.92 Å². The van der Waals surface area contributed by atoms with Crippen LogP contribution in [-0.2, 0) is 4.74 Å². The van der Waals surface area contributed by atoms with Crippen LogP contribution in [0.15, 0.2) is 24.3 Å². The van der Waals surface area contributed by atoms with Gasteiger partial charge < -0.3 is 10.1 Å². The van der Waals surface area contributed by atoms with Crippen LogP contribution in [0.4, 0.5) is 5.69 Å². The molecular formula is C12H19NO. The van der Waals surface area contributed by atoms with Crippen LogP contribution in [0.2, 0.25) is 0 Å². The molecule has 0 radical (unpaired) electrons. The van der Waals surface area contributed by atoms with E-state index in [1.54, 1.807) is 0 Å². The van der Waals surface area contributed by atoms with E-state index in [9.17, 15) is 0 Å². The Morgan fingerprint density at radius 1 is 1.21 bits per heavy atom. The van der Waals surface area contributed by atoms with Gasteiger partial charge in [0.2, 0.25) is 0 Å². The summed E-state index contributed by atoms with van der Waals surface area (Å²) in [5, 5.41) is 3.35. The summed E-state index contributed by atoms with van der Waals surface area (Å²) in [6, 6.07) is 8.45. The van der Waals surface area contributed by atoms with Gasteiger partial charge in [-0.1, -0.05) is 17.7 Å². The Kier molecular flexibility index (Phi) is 5.08. The number of nitrogens with one attached hydrogen (secondary N) is 1. The fraction of sp³-hybridized carbons (Fsp3) is 0.500. The molecule has 0 aliphatic heterocycles. The predicted octanol–water partition coefficient (Wildman–Crippen LogP) is 2.83. The summed E-state index contributed by atoms with van der Waals surface area (Å²) in [7, 11) is 0. The molecule has 1 aromatic carbocycles. The van der Waals surface area contributed by atoms with Gasteiger partial charge in [0, 0.05) is 25.4 Å². The van der Waals surface area contributed by atoms with Crippen molar-refractivity contribution in [2.75, 3.05) is 25.1 Å². The summed E-state index contributed by atoms with van der Waals surface area (Å²) in [6.07, 6.45) is 1.06. The first-order valence-corrected chi connectivity index (χ1v) is 5.21. The van der Waals surface area contributed by atoms with Crippen LogP contribution in [0.3, 0.4) is 0 Å². The lowest BCUT2D eigenvalue weighted by Crippen LogP contribution is -2.05. The summed E-state index contributed by atoms with van der Waals surface area (Å²) in [4.78, 5) is 0. The summed E-state index contributed by atoms with van der Waals surface area (Å²) in [5.74, 6) is 0. The summed E-state index contributed by atoms with van der Waals surface area (Å²) in [6.45, 7) is 6.75. The van der Waals surface area contributed by atoms with Gasteiger partial charge in [-0.3, -0.25) is 0 Å². The molecule has 0 aromatic heterocycles. The van der Waals surface area contributed by atoms with Crippen LogP contribution in [0, 0.1) is 6.92 Å². The molecule has 1 rings (SSSR count). The Bertz CT molecular complexity index is 243. The predicted molar refractivity (Wildman–Crippen MR) is 60.8 cm³/mol. The van der Waals surface area contributed by atoms with Crippen LogP contribution in [0.5, 0.6) is 0 Å². The van der Waals surface area contributed by atoms with E-state index in [-0.39, 0.29) is 0 Å². The molecule has 0 aliphatic carbocycles. The minimum Gasteiger partial charge on any atom is -0.385 e. The number of ether oxygens (including phenoxy) is 1. The van der Waals surface area contributed by atoms with Gasteiger partial charge in [0.05, 0.1) is 0 Å². The average Bonchev–Trinajstić information content (AvgIpc) is 2.21. The second-order valence-electron chi connectivity index (χ2n) is 3.34. The van der Waals surface area contributed by atoms with Crippen molar-refractivity contribution in [3.63, 3.8) is 0 Å². The number of hydrogen-bond donors (Lipinski definition) is 1. The van der Waals surface area contributed by atoms with E-state index in [0.29, 0.717) is 0 Å². The van der Waals surface area contributed by atoms with Crippen molar-refractivity contribution in [2.45, 2.75) is 20.3 Å². The van der Waals surface area contributed by atoms with Gasteiger partial charge in [-0.25, -0.2) is 0 Å². The highest BCUT2D eigenvalue weighted by Crippen LogP contribution is 2.07. The largest absolute Gasteiger partial charge is 0.385 e. The Morgan fingerprint density at radius 2 is 1.93 bits per heavy atom. The zero-order valence-electron chi connectivity index (χ0n) is 9.05.